The molecule has 0 aromatic carbocycles. The van der Waals surface area contributed by atoms with Crippen molar-refractivity contribution in [1.82, 2.24) is 9.38 Å². The molecule has 19 heavy (non-hydrogen) atoms. The van der Waals surface area contributed by atoms with Crippen molar-refractivity contribution in [2.45, 2.75) is 19.3 Å². The lowest BCUT2D eigenvalue weighted by atomic mass is 9.98. The minimum absolute atomic E-state index is 0.313. The SMILES string of the molecule is O=C(O)c1ccn2c(CC3CCSCC3)ncc2c1. The standard InChI is InChI=1S/C14H16N2O2S/c17-14(18)11-1-4-16-12(8-11)9-15-13(16)7-10-2-5-19-6-3-10/h1,4,8-10H,2-3,5-7H2,(H,17,18). The van der Waals surface area contributed by atoms with Crippen LogP contribution in [0.3, 0.4) is 0 Å². The molecule has 1 N–H and O–H groups in total. The number of fused-ring (bicyclic) bond motifs is 1. The second-order valence-electron chi connectivity index (χ2n) is 4.95. The van der Waals surface area contributed by atoms with E-state index in [0.29, 0.717) is 11.5 Å². The van der Waals surface area contributed by atoms with Gasteiger partial charge < -0.3 is 9.51 Å². The zero-order valence-corrected chi connectivity index (χ0v) is 11.4. The van der Waals surface area contributed by atoms with Crippen molar-refractivity contribution in [3.63, 3.8) is 0 Å². The molecule has 0 spiro atoms. The summed E-state index contributed by atoms with van der Waals surface area (Å²) >= 11 is 2.03. The van der Waals surface area contributed by atoms with Crippen molar-refractivity contribution >= 4 is 23.2 Å². The molecule has 0 atom stereocenters. The van der Waals surface area contributed by atoms with Gasteiger partial charge in [0.25, 0.3) is 0 Å². The number of thioether (sulfide) groups is 1. The molecular weight excluding hydrogens is 260 g/mol. The van der Waals surface area contributed by atoms with E-state index >= 15 is 0 Å². The van der Waals surface area contributed by atoms with Gasteiger partial charge in [-0.2, -0.15) is 11.8 Å². The van der Waals surface area contributed by atoms with Gasteiger partial charge in [-0.25, -0.2) is 9.78 Å². The molecule has 100 valence electrons. The summed E-state index contributed by atoms with van der Waals surface area (Å²) in [7, 11) is 0. The highest BCUT2D eigenvalue weighted by molar-refractivity contribution is 7.99. The maximum atomic E-state index is 10.9. The first-order valence-corrected chi connectivity index (χ1v) is 7.66. The number of carbonyl (C=O) groups is 1. The lowest BCUT2D eigenvalue weighted by molar-refractivity contribution is 0.0697. The number of aromatic carboxylic acids is 1. The Morgan fingerprint density at radius 2 is 2.26 bits per heavy atom. The Balaban J connectivity index is 1.86. The average molecular weight is 276 g/mol. The summed E-state index contributed by atoms with van der Waals surface area (Å²) in [6.45, 7) is 0. The van der Waals surface area contributed by atoms with Crippen LogP contribution in [0.5, 0.6) is 0 Å². The average Bonchev–Trinajstić information content (AvgIpc) is 2.82. The molecule has 0 aliphatic carbocycles. The Labute approximate surface area is 115 Å². The van der Waals surface area contributed by atoms with Crippen molar-refractivity contribution < 1.29 is 9.90 Å². The van der Waals surface area contributed by atoms with Crippen molar-refractivity contribution in [2.75, 3.05) is 11.5 Å². The third kappa shape index (κ3) is 2.61. The Bertz CT molecular complexity index is 603. The van der Waals surface area contributed by atoms with E-state index in [4.69, 9.17) is 5.11 Å². The number of nitrogens with zero attached hydrogens (tertiary/aromatic N) is 2. The van der Waals surface area contributed by atoms with Crippen LogP contribution in [0.2, 0.25) is 0 Å². The highest BCUT2D eigenvalue weighted by atomic mass is 32.2. The molecule has 4 nitrogen and oxygen atoms in total. The molecule has 1 saturated heterocycles. The van der Waals surface area contributed by atoms with Crippen LogP contribution in [0, 0.1) is 5.92 Å². The van der Waals surface area contributed by atoms with E-state index in [-0.39, 0.29) is 0 Å². The molecule has 1 aliphatic rings. The molecule has 0 unspecified atom stereocenters. The first kappa shape index (κ1) is 12.5. The van der Waals surface area contributed by atoms with Crippen LogP contribution in [0.4, 0.5) is 0 Å². The predicted octanol–water partition coefficient (Wildman–Crippen LogP) is 2.72. The van der Waals surface area contributed by atoms with Crippen LogP contribution in [0.25, 0.3) is 5.52 Å². The fourth-order valence-electron chi connectivity index (χ4n) is 2.55. The summed E-state index contributed by atoms with van der Waals surface area (Å²) in [4.78, 5) is 15.4. The van der Waals surface area contributed by atoms with Crippen LogP contribution in [0.1, 0.15) is 29.0 Å². The normalized spacial score (nSPS) is 16.8. The first-order chi connectivity index (χ1) is 9.24. The Kier molecular flexibility index (Phi) is 3.46. The molecule has 0 radical (unpaired) electrons. The quantitative estimate of drug-likeness (QED) is 0.936. The fraction of sp³-hybridized carbons (Fsp3) is 0.429. The molecular formula is C14H16N2O2S. The third-order valence-corrected chi connectivity index (χ3v) is 4.72. The van der Waals surface area contributed by atoms with E-state index in [2.05, 4.69) is 4.98 Å². The molecule has 0 bridgehead atoms. The third-order valence-electron chi connectivity index (χ3n) is 3.67. The van der Waals surface area contributed by atoms with E-state index < -0.39 is 5.97 Å². The van der Waals surface area contributed by atoms with Crippen LogP contribution in [0.15, 0.2) is 24.5 Å². The molecule has 2 aromatic heterocycles. The highest BCUT2D eigenvalue weighted by Gasteiger charge is 2.17. The Morgan fingerprint density at radius 3 is 3.00 bits per heavy atom. The van der Waals surface area contributed by atoms with Crippen LogP contribution in [-0.4, -0.2) is 32.0 Å². The van der Waals surface area contributed by atoms with Gasteiger partial charge in [0.05, 0.1) is 17.3 Å². The Morgan fingerprint density at radius 1 is 1.47 bits per heavy atom. The van der Waals surface area contributed by atoms with Gasteiger partial charge in [0.2, 0.25) is 0 Å². The fourth-order valence-corrected chi connectivity index (χ4v) is 3.75. The molecule has 0 amide bonds. The van der Waals surface area contributed by atoms with Crippen molar-refractivity contribution in [1.29, 1.82) is 0 Å². The number of pyridine rings is 1. The molecule has 5 heteroatoms. The van der Waals surface area contributed by atoms with Gasteiger partial charge >= 0.3 is 5.97 Å². The maximum Gasteiger partial charge on any atom is 0.335 e. The summed E-state index contributed by atoms with van der Waals surface area (Å²) in [5.74, 6) is 3.36. The van der Waals surface area contributed by atoms with Gasteiger partial charge in [-0.1, -0.05) is 0 Å². The molecule has 2 aromatic rings. The lowest BCUT2D eigenvalue weighted by Crippen LogP contribution is -2.14. The summed E-state index contributed by atoms with van der Waals surface area (Å²) < 4.78 is 2.01. The highest BCUT2D eigenvalue weighted by Crippen LogP contribution is 2.25. The van der Waals surface area contributed by atoms with Gasteiger partial charge in [0.1, 0.15) is 5.82 Å². The van der Waals surface area contributed by atoms with Gasteiger partial charge in [-0.3, -0.25) is 0 Å². The number of hydrogen-bond acceptors (Lipinski definition) is 3. The van der Waals surface area contributed by atoms with Gasteiger partial charge in [-0.05, 0) is 42.4 Å². The number of carboxylic acid groups (broad SMARTS) is 1. The van der Waals surface area contributed by atoms with E-state index in [0.717, 1.165) is 17.8 Å². The summed E-state index contributed by atoms with van der Waals surface area (Å²) in [5, 5.41) is 8.98. The second kappa shape index (κ2) is 5.25. The largest absolute Gasteiger partial charge is 0.478 e. The minimum atomic E-state index is -0.894. The zero-order valence-electron chi connectivity index (χ0n) is 10.6. The topological polar surface area (TPSA) is 54.6 Å². The first-order valence-electron chi connectivity index (χ1n) is 6.51. The van der Waals surface area contributed by atoms with Crippen molar-refractivity contribution in [3.05, 3.63) is 35.9 Å². The van der Waals surface area contributed by atoms with Gasteiger partial charge in [0, 0.05) is 12.6 Å². The molecule has 1 aliphatic heterocycles. The number of imidazole rings is 1. The summed E-state index contributed by atoms with van der Waals surface area (Å²) in [6.07, 6.45) is 7.08. The minimum Gasteiger partial charge on any atom is -0.478 e. The number of hydrogen-bond donors (Lipinski definition) is 1. The lowest BCUT2D eigenvalue weighted by Gasteiger charge is -2.20. The zero-order chi connectivity index (χ0) is 13.2. The van der Waals surface area contributed by atoms with E-state index in [1.807, 2.05) is 22.4 Å². The van der Waals surface area contributed by atoms with Gasteiger partial charge in [0.15, 0.2) is 0 Å². The monoisotopic (exact) mass is 276 g/mol. The van der Waals surface area contributed by atoms with E-state index in [9.17, 15) is 4.79 Å². The van der Waals surface area contributed by atoms with Crippen LogP contribution < -0.4 is 0 Å². The number of aromatic nitrogens is 2. The second-order valence-corrected chi connectivity index (χ2v) is 6.17. The predicted molar refractivity (Wildman–Crippen MR) is 75.9 cm³/mol. The van der Waals surface area contributed by atoms with Gasteiger partial charge in [-0.15, -0.1) is 0 Å². The Hall–Kier alpha value is -1.49. The molecule has 3 rings (SSSR count). The summed E-state index contributed by atoms with van der Waals surface area (Å²) in [6, 6.07) is 3.31. The number of rotatable bonds is 3. The smallest absolute Gasteiger partial charge is 0.335 e. The van der Waals surface area contributed by atoms with E-state index in [1.165, 1.54) is 24.3 Å². The van der Waals surface area contributed by atoms with Crippen molar-refractivity contribution in [3.8, 4) is 0 Å². The molecule has 3 heterocycles. The number of carboxylic acids is 1. The molecule has 0 saturated carbocycles. The van der Waals surface area contributed by atoms with Crippen molar-refractivity contribution in [2.24, 2.45) is 5.92 Å². The summed E-state index contributed by atoms with van der Waals surface area (Å²) in [5.41, 5.74) is 1.17. The van der Waals surface area contributed by atoms with Crippen LogP contribution in [-0.2, 0) is 6.42 Å². The molecule has 1 fully saturated rings. The van der Waals surface area contributed by atoms with Crippen LogP contribution >= 0.6 is 11.8 Å². The maximum absolute atomic E-state index is 10.9. The van der Waals surface area contributed by atoms with E-state index in [1.54, 1.807) is 18.3 Å².